The molecule has 3 aromatic heterocycles. The lowest BCUT2D eigenvalue weighted by Crippen LogP contribution is -3.00. The predicted molar refractivity (Wildman–Crippen MR) is 142 cm³/mol. The van der Waals surface area contributed by atoms with Crippen molar-refractivity contribution in [3.05, 3.63) is 56.2 Å². The summed E-state index contributed by atoms with van der Waals surface area (Å²) in [6, 6.07) is 0. The van der Waals surface area contributed by atoms with E-state index in [1.54, 1.807) is 0 Å². The molecule has 6 nitrogen and oxygen atoms in total. The fourth-order valence-corrected chi connectivity index (χ4v) is 2.92. The average Bonchev–Trinajstić information content (AvgIpc) is 3.55. The number of hydrogen-bond acceptors (Lipinski definition) is 0. The molecule has 3 rings (SSSR count). The third kappa shape index (κ3) is 35.5. The SMILES string of the molecule is CCCCn1cc[n+](C)c1.CCCCn1cc[n+](C)c1.CCCCn1cc[n+](C)c1.F[B-](F)(F)F.F[B-](F)(F)F.[Cl-]. The van der Waals surface area contributed by atoms with Crippen LogP contribution >= 0.6 is 0 Å². The third-order valence-corrected chi connectivity index (χ3v) is 4.78. The minimum Gasteiger partial charge on any atom is -1.00 e. The summed E-state index contributed by atoms with van der Waals surface area (Å²) in [5, 5.41) is 0. The number of halogens is 9. The Balaban J connectivity index is -0.000000452. The highest BCUT2D eigenvalue weighted by molar-refractivity contribution is 6.50. The van der Waals surface area contributed by atoms with Crippen LogP contribution in [-0.2, 0) is 40.8 Å². The maximum atomic E-state index is 9.75. The molecule has 0 atom stereocenters. The standard InChI is InChI=1S/3C8H15N2.2BF4.ClH/c3*1-3-4-5-10-7-6-9(2)8-10;2*2-1(3,4)5;/h3*6-8H,3-5H2,1-2H3;;;1H/q3*+1;2*-1;/p-1. The molecule has 0 bridgehead atoms. The molecule has 0 aliphatic rings. The van der Waals surface area contributed by atoms with Gasteiger partial charge in [-0.3, -0.25) is 0 Å². The van der Waals surface area contributed by atoms with Crippen LogP contribution in [0.25, 0.3) is 0 Å². The number of rotatable bonds is 9. The molecule has 0 radical (unpaired) electrons. The number of aromatic nitrogens is 6. The van der Waals surface area contributed by atoms with Crippen LogP contribution < -0.4 is 26.1 Å². The largest absolute Gasteiger partial charge is 1.00 e. The van der Waals surface area contributed by atoms with Gasteiger partial charge in [0.25, 0.3) is 0 Å². The topological polar surface area (TPSA) is 26.4 Å². The monoisotopic (exact) mass is 626 g/mol. The van der Waals surface area contributed by atoms with Crippen LogP contribution in [-0.4, -0.2) is 28.2 Å². The summed E-state index contributed by atoms with van der Waals surface area (Å²) in [7, 11) is -5.87. The first-order chi connectivity index (χ1) is 18.5. The molecule has 0 saturated heterocycles. The predicted octanol–water partition coefficient (Wildman–Crippen LogP) is 2.94. The van der Waals surface area contributed by atoms with Gasteiger partial charge in [0, 0.05) is 0 Å². The Labute approximate surface area is 245 Å². The highest BCUT2D eigenvalue weighted by Crippen LogP contribution is 2.07. The second-order valence-electron chi connectivity index (χ2n) is 9.00. The first kappa shape index (κ1) is 43.0. The van der Waals surface area contributed by atoms with Crippen molar-refractivity contribution in [3.63, 3.8) is 0 Å². The van der Waals surface area contributed by atoms with Crippen LogP contribution in [0.4, 0.5) is 34.5 Å². The van der Waals surface area contributed by atoms with E-state index >= 15 is 0 Å². The van der Waals surface area contributed by atoms with Gasteiger partial charge in [0.1, 0.15) is 37.2 Å². The smallest absolute Gasteiger partial charge is 0.673 e. The van der Waals surface area contributed by atoms with E-state index in [0.29, 0.717) is 0 Å². The van der Waals surface area contributed by atoms with Crippen molar-refractivity contribution in [3.8, 4) is 0 Å². The zero-order chi connectivity index (χ0) is 31.2. The van der Waals surface area contributed by atoms with Crippen molar-refractivity contribution in [2.75, 3.05) is 0 Å². The van der Waals surface area contributed by atoms with Crippen molar-refractivity contribution < 1.29 is 60.6 Å². The molecule has 0 unspecified atom stereocenters. The number of unbranched alkanes of at least 4 members (excludes halogenated alkanes) is 3. The first-order valence-corrected chi connectivity index (χ1v) is 13.3. The van der Waals surface area contributed by atoms with E-state index in [0.717, 1.165) is 19.6 Å². The molecule has 17 heteroatoms. The van der Waals surface area contributed by atoms with Crippen LogP contribution in [0.2, 0.25) is 0 Å². The van der Waals surface area contributed by atoms with E-state index in [1.165, 1.54) is 38.5 Å². The van der Waals surface area contributed by atoms with E-state index in [4.69, 9.17) is 0 Å². The molecule has 41 heavy (non-hydrogen) atoms. The van der Waals surface area contributed by atoms with Crippen molar-refractivity contribution >= 4 is 14.5 Å². The van der Waals surface area contributed by atoms with Gasteiger partial charge in [0.15, 0.2) is 0 Å². The first-order valence-electron chi connectivity index (χ1n) is 13.3. The molecule has 0 fully saturated rings. The third-order valence-electron chi connectivity index (χ3n) is 4.78. The molecule has 240 valence electrons. The molecule has 0 N–H and O–H groups in total. The van der Waals surface area contributed by atoms with Crippen LogP contribution in [0, 0.1) is 0 Å². The molecular formula is C24H45B2ClF8N6. The number of imidazole rings is 3. The van der Waals surface area contributed by atoms with Gasteiger partial charge >= 0.3 is 14.5 Å². The molecular weight excluding hydrogens is 581 g/mol. The Morgan fingerprint density at radius 3 is 0.805 bits per heavy atom. The summed E-state index contributed by atoms with van der Waals surface area (Å²) < 4.78 is 90.8. The maximum Gasteiger partial charge on any atom is 0.673 e. The van der Waals surface area contributed by atoms with Gasteiger partial charge in [-0.15, -0.1) is 0 Å². The van der Waals surface area contributed by atoms with Gasteiger partial charge in [-0.2, -0.15) is 0 Å². The number of nitrogens with zero attached hydrogens (tertiary/aromatic N) is 6. The second-order valence-corrected chi connectivity index (χ2v) is 9.00. The lowest BCUT2D eigenvalue weighted by molar-refractivity contribution is -0.671. The summed E-state index contributed by atoms with van der Waals surface area (Å²) in [4.78, 5) is 0. The van der Waals surface area contributed by atoms with E-state index in [-0.39, 0.29) is 12.4 Å². The Hall–Kier alpha value is -2.51. The molecule has 0 amide bonds. The van der Waals surface area contributed by atoms with Crippen molar-refractivity contribution in [1.29, 1.82) is 0 Å². The van der Waals surface area contributed by atoms with Gasteiger partial charge < -0.3 is 46.9 Å². The van der Waals surface area contributed by atoms with Crippen molar-refractivity contribution in [2.24, 2.45) is 21.1 Å². The Kier molecular flexibility index (Phi) is 25.3. The molecule has 0 aliphatic heterocycles. The van der Waals surface area contributed by atoms with E-state index in [1.807, 2.05) is 21.1 Å². The lowest BCUT2D eigenvalue weighted by atomic mass is 10.3. The Bertz CT molecular complexity index is 864. The van der Waals surface area contributed by atoms with Crippen molar-refractivity contribution in [2.45, 2.75) is 78.9 Å². The summed E-state index contributed by atoms with van der Waals surface area (Å²) in [6.45, 7) is 10.1. The number of aryl methyl sites for hydroxylation is 6. The molecule has 0 aliphatic carbocycles. The minimum absolute atomic E-state index is 0. The summed E-state index contributed by atoms with van der Waals surface area (Å²) in [5.41, 5.74) is 0. The highest BCUT2D eigenvalue weighted by atomic mass is 35.5. The quantitative estimate of drug-likeness (QED) is 0.199. The molecule has 0 saturated carbocycles. The van der Waals surface area contributed by atoms with Crippen molar-refractivity contribution in [1.82, 2.24) is 13.7 Å². The maximum absolute atomic E-state index is 9.75. The van der Waals surface area contributed by atoms with Crippen LogP contribution in [0.1, 0.15) is 59.3 Å². The molecule has 0 spiro atoms. The number of hydrogen-bond donors (Lipinski definition) is 0. The van der Waals surface area contributed by atoms with E-state index in [9.17, 15) is 34.5 Å². The summed E-state index contributed by atoms with van der Waals surface area (Å²) >= 11 is 0. The fourth-order valence-electron chi connectivity index (χ4n) is 2.92. The zero-order valence-electron chi connectivity index (χ0n) is 24.8. The Morgan fingerprint density at radius 2 is 0.683 bits per heavy atom. The highest BCUT2D eigenvalue weighted by Gasteiger charge is 2.21. The van der Waals surface area contributed by atoms with Gasteiger partial charge in [-0.25, -0.2) is 27.4 Å². The summed E-state index contributed by atoms with van der Waals surface area (Å²) in [5.74, 6) is 0. The van der Waals surface area contributed by atoms with Gasteiger partial charge in [0.05, 0.1) is 40.8 Å². The zero-order valence-corrected chi connectivity index (χ0v) is 25.6. The normalized spacial score (nSPS) is 10.4. The average molecular weight is 627 g/mol. The van der Waals surface area contributed by atoms with Crippen LogP contribution in [0.3, 0.4) is 0 Å². The van der Waals surface area contributed by atoms with E-state index < -0.39 is 14.5 Å². The van der Waals surface area contributed by atoms with Gasteiger partial charge in [-0.1, -0.05) is 40.0 Å². The molecule has 0 aromatic carbocycles. The molecule has 3 aromatic rings. The second kappa shape index (κ2) is 24.1. The minimum atomic E-state index is -6.00. The fraction of sp³-hybridized carbons (Fsp3) is 0.625. The molecule has 3 heterocycles. The Morgan fingerprint density at radius 1 is 0.488 bits per heavy atom. The van der Waals surface area contributed by atoms with Gasteiger partial charge in [-0.05, 0) is 19.3 Å². The van der Waals surface area contributed by atoms with Crippen LogP contribution in [0.15, 0.2) is 56.2 Å². The van der Waals surface area contributed by atoms with Gasteiger partial charge in [0.2, 0.25) is 19.0 Å². The van der Waals surface area contributed by atoms with E-state index in [2.05, 4.69) is 104 Å². The lowest BCUT2D eigenvalue weighted by Gasteiger charge is -1.94. The van der Waals surface area contributed by atoms with Crippen LogP contribution in [0.5, 0.6) is 0 Å². The summed E-state index contributed by atoms with van der Waals surface area (Å²) in [6.07, 6.45) is 26.5.